The van der Waals surface area contributed by atoms with Crippen LogP contribution in [0.25, 0.3) is 11.1 Å². The zero-order valence-corrected chi connectivity index (χ0v) is 17.5. The first kappa shape index (κ1) is 20.2. The van der Waals surface area contributed by atoms with Gasteiger partial charge in [-0.2, -0.15) is 4.98 Å². The third-order valence-corrected chi connectivity index (χ3v) is 5.17. The van der Waals surface area contributed by atoms with E-state index in [1.807, 2.05) is 24.3 Å². The van der Waals surface area contributed by atoms with Gasteiger partial charge in [0, 0.05) is 17.9 Å². The van der Waals surface area contributed by atoms with Crippen molar-refractivity contribution in [3.8, 4) is 5.75 Å². The van der Waals surface area contributed by atoms with E-state index in [-0.39, 0.29) is 12.3 Å². The smallest absolute Gasteiger partial charge is 0.257 e. The summed E-state index contributed by atoms with van der Waals surface area (Å²) < 4.78 is 16.1. The van der Waals surface area contributed by atoms with Gasteiger partial charge in [-0.05, 0) is 30.3 Å². The van der Waals surface area contributed by atoms with Gasteiger partial charge in [0.05, 0.1) is 18.6 Å². The van der Waals surface area contributed by atoms with Crippen molar-refractivity contribution in [1.29, 1.82) is 0 Å². The summed E-state index contributed by atoms with van der Waals surface area (Å²) in [5, 5.41) is 7.76. The number of carbonyl (C=O) groups excluding carboxylic acids is 1. The number of thioether (sulfide) groups is 1. The van der Waals surface area contributed by atoms with Crippen molar-refractivity contribution in [2.45, 2.75) is 23.8 Å². The third-order valence-electron chi connectivity index (χ3n) is 4.11. The lowest BCUT2D eigenvalue weighted by molar-refractivity contribution is -0.116. The van der Waals surface area contributed by atoms with Gasteiger partial charge < -0.3 is 19.0 Å². The van der Waals surface area contributed by atoms with E-state index in [1.165, 1.54) is 18.9 Å². The van der Waals surface area contributed by atoms with Crippen LogP contribution in [0.1, 0.15) is 18.1 Å². The molecule has 0 saturated carbocycles. The maximum Gasteiger partial charge on any atom is 0.257 e. The summed E-state index contributed by atoms with van der Waals surface area (Å²) in [6, 6.07) is 12.6. The van der Waals surface area contributed by atoms with Crippen molar-refractivity contribution in [2.24, 2.45) is 0 Å². The molecule has 4 aromatic rings. The second-order valence-corrected chi connectivity index (χ2v) is 7.60. The lowest BCUT2D eigenvalue weighted by Crippen LogP contribution is -2.13. The molecule has 1 N–H and O–H groups in total. The average molecular weight is 445 g/mol. The van der Waals surface area contributed by atoms with E-state index in [2.05, 4.69) is 20.4 Å². The molecule has 4 rings (SSSR count). The van der Waals surface area contributed by atoms with Crippen LogP contribution in [0.5, 0.6) is 5.75 Å². The number of anilines is 1. The number of ether oxygens (including phenoxy) is 1. The quantitative estimate of drug-likeness (QED) is 0.389. The standard InChI is InChI=1S/C20H17ClN4O4S/c1-27-15-7-6-12(21)10-14(15)22-18(26)8-9-19-24-17(25-29-19)11-30-20-23-13-4-2-3-5-16(13)28-20/h2-7,10H,8-9,11H2,1H3,(H,22,26). The number of oxazole rings is 1. The molecule has 154 valence electrons. The summed E-state index contributed by atoms with van der Waals surface area (Å²) in [5.74, 6) is 1.66. The molecule has 2 heterocycles. The van der Waals surface area contributed by atoms with Gasteiger partial charge in [-0.1, -0.05) is 40.7 Å². The first-order valence-corrected chi connectivity index (χ1v) is 10.4. The highest BCUT2D eigenvalue weighted by atomic mass is 35.5. The van der Waals surface area contributed by atoms with Gasteiger partial charge in [-0.25, -0.2) is 4.98 Å². The van der Waals surface area contributed by atoms with E-state index in [4.69, 9.17) is 25.3 Å². The van der Waals surface area contributed by atoms with E-state index in [1.54, 1.807) is 18.2 Å². The average Bonchev–Trinajstić information content (AvgIpc) is 3.37. The molecule has 0 spiro atoms. The Bertz CT molecular complexity index is 1140. The Balaban J connectivity index is 1.29. The molecule has 0 saturated heterocycles. The SMILES string of the molecule is COc1ccc(Cl)cc1NC(=O)CCc1nc(CSc2nc3ccccc3o2)no1. The maximum atomic E-state index is 12.2. The predicted molar refractivity (Wildman–Crippen MR) is 113 cm³/mol. The molecule has 0 aliphatic heterocycles. The summed E-state index contributed by atoms with van der Waals surface area (Å²) in [6.45, 7) is 0. The highest BCUT2D eigenvalue weighted by Crippen LogP contribution is 2.28. The number of para-hydroxylation sites is 2. The van der Waals surface area contributed by atoms with Gasteiger partial charge in [0.1, 0.15) is 11.3 Å². The number of aromatic nitrogens is 3. The van der Waals surface area contributed by atoms with Gasteiger partial charge in [0.15, 0.2) is 11.4 Å². The van der Waals surface area contributed by atoms with Crippen LogP contribution in [0.3, 0.4) is 0 Å². The molecular weight excluding hydrogens is 428 g/mol. The van der Waals surface area contributed by atoms with Crippen molar-refractivity contribution in [1.82, 2.24) is 15.1 Å². The van der Waals surface area contributed by atoms with Crippen molar-refractivity contribution in [3.05, 3.63) is 59.2 Å². The monoisotopic (exact) mass is 444 g/mol. The number of nitrogens with one attached hydrogen (secondary N) is 1. The normalized spacial score (nSPS) is 11.0. The zero-order chi connectivity index (χ0) is 20.9. The van der Waals surface area contributed by atoms with E-state index in [0.29, 0.717) is 45.6 Å². The number of nitrogens with zero attached hydrogens (tertiary/aromatic N) is 3. The molecule has 10 heteroatoms. The molecule has 0 aliphatic rings. The number of hydrogen-bond acceptors (Lipinski definition) is 8. The van der Waals surface area contributed by atoms with Crippen LogP contribution in [0, 0.1) is 0 Å². The van der Waals surface area contributed by atoms with E-state index < -0.39 is 0 Å². The van der Waals surface area contributed by atoms with Crippen LogP contribution >= 0.6 is 23.4 Å². The molecule has 0 unspecified atom stereocenters. The van der Waals surface area contributed by atoms with Gasteiger partial charge in [-0.3, -0.25) is 4.79 Å². The number of halogens is 1. The predicted octanol–water partition coefficient (Wildman–Crippen LogP) is 4.74. The molecule has 0 bridgehead atoms. The van der Waals surface area contributed by atoms with Gasteiger partial charge in [0.25, 0.3) is 5.22 Å². The van der Waals surface area contributed by atoms with Crippen molar-refractivity contribution >= 4 is 46.1 Å². The summed E-state index contributed by atoms with van der Waals surface area (Å²) in [4.78, 5) is 20.9. The summed E-state index contributed by atoms with van der Waals surface area (Å²) in [6.07, 6.45) is 0.491. The topological polar surface area (TPSA) is 103 Å². The molecule has 0 aliphatic carbocycles. The number of carbonyl (C=O) groups is 1. The first-order chi connectivity index (χ1) is 14.6. The Labute approximate surface area is 181 Å². The lowest BCUT2D eigenvalue weighted by Gasteiger charge is -2.10. The highest BCUT2D eigenvalue weighted by molar-refractivity contribution is 7.98. The van der Waals surface area contributed by atoms with Crippen LogP contribution in [0.15, 0.2) is 56.6 Å². The van der Waals surface area contributed by atoms with E-state index in [0.717, 1.165) is 11.1 Å². The fourth-order valence-corrected chi connectivity index (χ4v) is 3.55. The van der Waals surface area contributed by atoms with Crippen LogP contribution in [0.4, 0.5) is 5.69 Å². The Morgan fingerprint density at radius 1 is 1.23 bits per heavy atom. The zero-order valence-electron chi connectivity index (χ0n) is 15.9. The van der Waals surface area contributed by atoms with Crippen molar-refractivity contribution in [2.75, 3.05) is 12.4 Å². The molecule has 0 radical (unpaired) electrons. The lowest BCUT2D eigenvalue weighted by atomic mass is 10.2. The summed E-state index contributed by atoms with van der Waals surface area (Å²) in [5.41, 5.74) is 2.04. The molecule has 2 aromatic carbocycles. The molecule has 2 aromatic heterocycles. The number of methoxy groups -OCH3 is 1. The van der Waals surface area contributed by atoms with Crippen LogP contribution in [0.2, 0.25) is 5.02 Å². The second-order valence-electron chi connectivity index (χ2n) is 6.23. The number of fused-ring (bicyclic) bond motifs is 1. The van der Waals surface area contributed by atoms with Gasteiger partial charge >= 0.3 is 0 Å². The Hall–Kier alpha value is -3.04. The Morgan fingerprint density at radius 3 is 2.93 bits per heavy atom. The molecule has 1 amide bonds. The van der Waals surface area contributed by atoms with Crippen LogP contribution < -0.4 is 10.1 Å². The number of aryl methyl sites for hydroxylation is 1. The largest absolute Gasteiger partial charge is 0.495 e. The van der Waals surface area contributed by atoms with Crippen molar-refractivity contribution < 1.29 is 18.5 Å². The molecule has 0 atom stereocenters. The third kappa shape index (κ3) is 4.92. The minimum Gasteiger partial charge on any atom is -0.495 e. The minimum absolute atomic E-state index is 0.176. The van der Waals surface area contributed by atoms with E-state index >= 15 is 0 Å². The Morgan fingerprint density at radius 2 is 2.10 bits per heavy atom. The van der Waals surface area contributed by atoms with Crippen molar-refractivity contribution in [3.63, 3.8) is 0 Å². The number of hydrogen-bond donors (Lipinski definition) is 1. The van der Waals surface area contributed by atoms with Gasteiger partial charge in [0.2, 0.25) is 11.8 Å². The fourth-order valence-electron chi connectivity index (χ4n) is 2.70. The highest BCUT2D eigenvalue weighted by Gasteiger charge is 2.13. The fraction of sp³-hybridized carbons (Fsp3) is 0.200. The molecule has 8 nitrogen and oxygen atoms in total. The van der Waals surface area contributed by atoms with Crippen LogP contribution in [-0.4, -0.2) is 28.1 Å². The summed E-state index contributed by atoms with van der Waals surface area (Å²) >= 11 is 7.35. The number of amides is 1. The molecule has 30 heavy (non-hydrogen) atoms. The maximum absolute atomic E-state index is 12.2. The number of benzene rings is 2. The summed E-state index contributed by atoms with van der Waals surface area (Å²) in [7, 11) is 1.53. The molecular formula is C20H17ClN4O4S. The minimum atomic E-state index is -0.212. The Kier molecular flexibility index (Phi) is 6.20. The molecule has 0 fully saturated rings. The van der Waals surface area contributed by atoms with E-state index in [9.17, 15) is 4.79 Å². The van der Waals surface area contributed by atoms with Crippen LogP contribution in [-0.2, 0) is 17.0 Å². The van der Waals surface area contributed by atoms with Gasteiger partial charge in [-0.15, -0.1) is 0 Å². The first-order valence-electron chi connectivity index (χ1n) is 9.04. The second kappa shape index (κ2) is 9.19. The number of rotatable bonds is 8.